The van der Waals surface area contributed by atoms with Gasteiger partial charge in [-0.15, -0.1) is 0 Å². The number of ether oxygens (including phenoxy) is 1. The zero-order valence-electron chi connectivity index (χ0n) is 16.6. The van der Waals surface area contributed by atoms with Crippen molar-refractivity contribution in [2.24, 2.45) is 0 Å². The van der Waals surface area contributed by atoms with Gasteiger partial charge < -0.3 is 9.30 Å². The van der Waals surface area contributed by atoms with Crippen molar-refractivity contribution in [1.82, 2.24) is 9.55 Å². The van der Waals surface area contributed by atoms with Crippen molar-refractivity contribution in [3.8, 4) is 17.1 Å². The average molecular weight is 417 g/mol. The van der Waals surface area contributed by atoms with Gasteiger partial charge in [0, 0.05) is 5.56 Å². The van der Waals surface area contributed by atoms with Crippen molar-refractivity contribution in [3.05, 3.63) is 106 Å². The molecule has 0 saturated carbocycles. The second-order valence-electron chi connectivity index (χ2n) is 7.06. The van der Waals surface area contributed by atoms with Crippen molar-refractivity contribution >= 4 is 17.9 Å². The van der Waals surface area contributed by atoms with Crippen LogP contribution >= 0.6 is 11.6 Å². The van der Waals surface area contributed by atoms with Gasteiger partial charge in [-0.25, -0.2) is 4.98 Å². The Morgan fingerprint density at radius 3 is 2.33 bits per heavy atom. The molecule has 0 amide bonds. The SMILES string of the molecule is Cc1cc(Cn2c(-c3ccccc3)nc(C=O)c2Cl)ccc1OCc1ccccc1. The van der Waals surface area contributed by atoms with Crippen molar-refractivity contribution in [2.45, 2.75) is 20.1 Å². The van der Waals surface area contributed by atoms with Gasteiger partial charge in [0.2, 0.25) is 0 Å². The van der Waals surface area contributed by atoms with Crippen LogP contribution in [0.25, 0.3) is 11.4 Å². The average Bonchev–Trinajstić information content (AvgIpc) is 3.10. The molecule has 0 bridgehead atoms. The highest BCUT2D eigenvalue weighted by Crippen LogP contribution is 2.28. The van der Waals surface area contributed by atoms with Gasteiger partial charge in [-0.2, -0.15) is 0 Å². The number of aryl methyl sites for hydroxylation is 1. The summed E-state index contributed by atoms with van der Waals surface area (Å²) in [5.74, 6) is 1.51. The number of aromatic nitrogens is 2. The normalized spacial score (nSPS) is 10.7. The van der Waals surface area contributed by atoms with Gasteiger partial charge in [-0.3, -0.25) is 4.79 Å². The first kappa shape index (κ1) is 19.9. The lowest BCUT2D eigenvalue weighted by atomic mass is 10.1. The van der Waals surface area contributed by atoms with Crippen molar-refractivity contribution in [2.75, 3.05) is 0 Å². The predicted octanol–water partition coefficient (Wildman–Crippen LogP) is 5.95. The number of aldehydes is 1. The van der Waals surface area contributed by atoms with E-state index in [0.717, 1.165) is 28.0 Å². The summed E-state index contributed by atoms with van der Waals surface area (Å²) in [4.78, 5) is 15.8. The standard InChI is InChI=1S/C25H21ClN2O2/c1-18-14-20(12-13-23(18)30-17-19-8-4-2-5-9-19)15-28-24(26)22(16-29)27-25(28)21-10-6-3-7-11-21/h2-14,16H,15,17H2,1H3. The summed E-state index contributed by atoms with van der Waals surface area (Å²) < 4.78 is 7.84. The maximum atomic E-state index is 11.4. The summed E-state index contributed by atoms with van der Waals surface area (Å²) in [6.07, 6.45) is 0.692. The van der Waals surface area contributed by atoms with E-state index in [1.165, 1.54) is 0 Å². The molecule has 0 saturated heterocycles. The first-order valence-electron chi connectivity index (χ1n) is 9.68. The van der Waals surface area contributed by atoms with Crippen LogP contribution in [0.4, 0.5) is 0 Å². The maximum absolute atomic E-state index is 11.4. The van der Waals surface area contributed by atoms with Crippen LogP contribution in [-0.2, 0) is 13.2 Å². The highest BCUT2D eigenvalue weighted by Gasteiger charge is 2.17. The summed E-state index contributed by atoms with van der Waals surface area (Å²) in [5.41, 5.74) is 4.37. The third-order valence-electron chi connectivity index (χ3n) is 4.89. The van der Waals surface area contributed by atoms with Crippen LogP contribution < -0.4 is 4.74 Å². The summed E-state index contributed by atoms with van der Waals surface area (Å²) in [6.45, 7) is 3.05. The molecule has 1 heterocycles. The Morgan fingerprint density at radius 1 is 0.967 bits per heavy atom. The van der Waals surface area contributed by atoms with Gasteiger partial charge in [-0.05, 0) is 29.7 Å². The number of hydrogen-bond donors (Lipinski definition) is 0. The van der Waals surface area contributed by atoms with Crippen LogP contribution in [0.1, 0.15) is 27.2 Å². The van der Waals surface area contributed by atoms with E-state index in [9.17, 15) is 4.79 Å². The van der Waals surface area contributed by atoms with Crippen molar-refractivity contribution in [3.63, 3.8) is 0 Å². The Hall–Kier alpha value is -3.37. The van der Waals surface area contributed by atoms with E-state index in [0.29, 0.717) is 30.4 Å². The molecule has 5 heteroatoms. The van der Waals surface area contributed by atoms with Crippen LogP contribution in [0.15, 0.2) is 78.9 Å². The largest absolute Gasteiger partial charge is 0.489 e. The molecule has 30 heavy (non-hydrogen) atoms. The zero-order chi connectivity index (χ0) is 20.9. The van der Waals surface area contributed by atoms with Gasteiger partial charge in [0.05, 0.1) is 6.54 Å². The summed E-state index contributed by atoms with van der Waals surface area (Å²) >= 11 is 6.46. The molecule has 4 rings (SSSR count). The highest BCUT2D eigenvalue weighted by atomic mass is 35.5. The molecule has 3 aromatic carbocycles. The van der Waals surface area contributed by atoms with Crippen LogP contribution in [0.3, 0.4) is 0 Å². The minimum Gasteiger partial charge on any atom is -0.489 e. The minimum absolute atomic E-state index is 0.245. The lowest BCUT2D eigenvalue weighted by molar-refractivity contribution is 0.111. The first-order valence-corrected chi connectivity index (χ1v) is 10.1. The number of nitrogens with zero attached hydrogens (tertiary/aromatic N) is 2. The van der Waals surface area contributed by atoms with Gasteiger partial charge in [0.15, 0.2) is 6.29 Å². The molecule has 0 atom stereocenters. The molecule has 4 nitrogen and oxygen atoms in total. The number of hydrogen-bond acceptors (Lipinski definition) is 3. The van der Waals surface area contributed by atoms with E-state index in [1.54, 1.807) is 0 Å². The molecule has 150 valence electrons. The fourth-order valence-electron chi connectivity index (χ4n) is 3.37. The zero-order valence-corrected chi connectivity index (χ0v) is 17.3. The van der Waals surface area contributed by atoms with Gasteiger partial charge in [0.25, 0.3) is 0 Å². The molecule has 0 radical (unpaired) electrons. The molecule has 0 spiro atoms. The number of imidazole rings is 1. The molecule has 0 aliphatic heterocycles. The monoisotopic (exact) mass is 416 g/mol. The van der Waals surface area contributed by atoms with Gasteiger partial charge >= 0.3 is 0 Å². The fraction of sp³-hybridized carbons (Fsp3) is 0.120. The molecular formula is C25H21ClN2O2. The van der Waals surface area contributed by atoms with Crippen molar-refractivity contribution < 1.29 is 9.53 Å². The fourth-order valence-corrected chi connectivity index (χ4v) is 3.60. The van der Waals surface area contributed by atoms with E-state index < -0.39 is 0 Å². The number of benzene rings is 3. The molecular weight excluding hydrogens is 396 g/mol. The van der Waals surface area contributed by atoms with Crippen LogP contribution in [-0.4, -0.2) is 15.8 Å². The van der Waals surface area contributed by atoms with E-state index in [2.05, 4.69) is 11.1 Å². The second-order valence-corrected chi connectivity index (χ2v) is 7.41. The Bertz CT molecular complexity index is 1150. The molecule has 0 fully saturated rings. The topological polar surface area (TPSA) is 44.1 Å². The van der Waals surface area contributed by atoms with E-state index in [-0.39, 0.29) is 5.69 Å². The summed E-state index contributed by atoms with van der Waals surface area (Å²) in [6, 6.07) is 25.9. The number of halogens is 1. The van der Waals surface area contributed by atoms with Crippen molar-refractivity contribution in [1.29, 1.82) is 0 Å². The lowest BCUT2D eigenvalue weighted by Gasteiger charge is -2.13. The molecule has 0 N–H and O–H groups in total. The number of rotatable bonds is 7. The Kier molecular flexibility index (Phi) is 5.96. The molecule has 4 aromatic rings. The third kappa shape index (κ3) is 4.29. The molecule has 0 aliphatic rings. The Morgan fingerprint density at radius 2 is 1.67 bits per heavy atom. The molecule has 1 aromatic heterocycles. The van der Waals surface area contributed by atoms with Gasteiger partial charge in [-0.1, -0.05) is 84.4 Å². The molecule has 0 aliphatic carbocycles. The quantitative estimate of drug-likeness (QED) is 0.349. The number of carbonyl (C=O) groups excluding carboxylic acids is 1. The predicted molar refractivity (Wildman–Crippen MR) is 119 cm³/mol. The van der Waals surface area contributed by atoms with E-state index in [1.807, 2.05) is 84.3 Å². The van der Waals surface area contributed by atoms with Gasteiger partial charge in [0.1, 0.15) is 29.0 Å². The summed E-state index contributed by atoms with van der Waals surface area (Å²) in [7, 11) is 0. The van der Waals surface area contributed by atoms with Crippen LogP contribution in [0.5, 0.6) is 5.75 Å². The maximum Gasteiger partial charge on any atom is 0.171 e. The Balaban J connectivity index is 1.58. The second kappa shape index (κ2) is 8.97. The minimum atomic E-state index is 0.245. The lowest BCUT2D eigenvalue weighted by Crippen LogP contribution is -2.04. The first-order chi connectivity index (χ1) is 14.7. The number of carbonyl (C=O) groups is 1. The summed E-state index contributed by atoms with van der Waals surface area (Å²) in [5, 5.41) is 0.339. The third-order valence-corrected chi connectivity index (χ3v) is 5.29. The smallest absolute Gasteiger partial charge is 0.171 e. The highest BCUT2D eigenvalue weighted by molar-refractivity contribution is 6.32. The van der Waals surface area contributed by atoms with E-state index in [4.69, 9.17) is 16.3 Å². The Labute approximate surface area is 180 Å². The van der Waals surface area contributed by atoms with Crippen LogP contribution in [0, 0.1) is 6.92 Å². The van der Waals surface area contributed by atoms with Crippen LogP contribution in [0.2, 0.25) is 5.15 Å². The molecule has 0 unspecified atom stereocenters. The van der Waals surface area contributed by atoms with E-state index >= 15 is 0 Å².